The number of rotatable bonds is 4. The van der Waals surface area contributed by atoms with Gasteiger partial charge >= 0.3 is 0 Å². The van der Waals surface area contributed by atoms with Gasteiger partial charge < -0.3 is 4.57 Å². The van der Waals surface area contributed by atoms with Crippen LogP contribution in [0, 0.1) is 11.3 Å². The van der Waals surface area contributed by atoms with Gasteiger partial charge in [0.15, 0.2) is 0 Å². The molecule has 1 unspecified atom stereocenters. The molecule has 1 atom stereocenters. The third kappa shape index (κ3) is 3.06. The first-order chi connectivity index (χ1) is 7.46. The topological polar surface area (TPSA) is 30.7 Å². The van der Waals surface area contributed by atoms with Crippen LogP contribution in [0.3, 0.4) is 0 Å². The first-order valence-electron chi connectivity index (χ1n) is 6.34. The molecule has 16 heavy (non-hydrogen) atoms. The Bertz CT molecular complexity index is 344. The predicted molar refractivity (Wildman–Crippen MR) is 65.2 cm³/mol. The zero-order valence-corrected chi connectivity index (χ0v) is 10.9. The molecule has 1 aliphatic carbocycles. The molecule has 1 aromatic heterocycles. The van der Waals surface area contributed by atoms with E-state index in [9.17, 15) is 0 Å². The van der Waals surface area contributed by atoms with Crippen LogP contribution in [0.2, 0.25) is 0 Å². The van der Waals surface area contributed by atoms with Gasteiger partial charge in [-0.15, -0.1) is 10.2 Å². The van der Waals surface area contributed by atoms with E-state index in [1.807, 2.05) is 6.33 Å². The van der Waals surface area contributed by atoms with E-state index >= 15 is 0 Å². The summed E-state index contributed by atoms with van der Waals surface area (Å²) in [6, 6.07) is 0.701. The summed E-state index contributed by atoms with van der Waals surface area (Å²) in [7, 11) is 0. The van der Waals surface area contributed by atoms with Crippen molar-refractivity contribution >= 4 is 0 Å². The second-order valence-electron chi connectivity index (χ2n) is 6.46. The van der Waals surface area contributed by atoms with Gasteiger partial charge in [-0.05, 0) is 30.6 Å². The molecule has 0 saturated heterocycles. The lowest BCUT2D eigenvalue weighted by Crippen LogP contribution is -2.15. The van der Waals surface area contributed by atoms with Crippen molar-refractivity contribution in [1.82, 2.24) is 14.8 Å². The number of hydrogen-bond donors (Lipinski definition) is 0. The number of aromatic nitrogens is 3. The summed E-state index contributed by atoms with van der Waals surface area (Å²) >= 11 is 0. The highest BCUT2D eigenvalue weighted by atomic mass is 15.3. The summed E-state index contributed by atoms with van der Waals surface area (Å²) in [5.41, 5.74) is 0.407. The highest BCUT2D eigenvalue weighted by Gasteiger charge is 2.27. The Morgan fingerprint density at radius 1 is 1.44 bits per heavy atom. The summed E-state index contributed by atoms with van der Waals surface area (Å²) in [6.45, 7) is 9.22. The molecule has 1 saturated carbocycles. The molecule has 0 aliphatic heterocycles. The van der Waals surface area contributed by atoms with Crippen LogP contribution in [-0.4, -0.2) is 14.8 Å². The van der Waals surface area contributed by atoms with Gasteiger partial charge in [0.1, 0.15) is 12.2 Å². The number of hydrogen-bond acceptors (Lipinski definition) is 2. The largest absolute Gasteiger partial charge is 0.314 e. The Kier molecular flexibility index (Phi) is 3.04. The van der Waals surface area contributed by atoms with Crippen LogP contribution in [0.5, 0.6) is 0 Å². The Hall–Kier alpha value is -0.860. The van der Waals surface area contributed by atoms with Crippen LogP contribution in [0.4, 0.5) is 0 Å². The minimum atomic E-state index is 0.407. The molecular weight excluding hydrogens is 198 g/mol. The van der Waals surface area contributed by atoms with E-state index in [0.717, 1.165) is 6.42 Å². The smallest absolute Gasteiger partial charge is 0.133 e. The van der Waals surface area contributed by atoms with E-state index in [1.165, 1.54) is 25.1 Å². The summed E-state index contributed by atoms with van der Waals surface area (Å²) in [5, 5.41) is 8.31. The van der Waals surface area contributed by atoms with Crippen LogP contribution < -0.4 is 0 Å². The third-order valence-electron chi connectivity index (χ3n) is 3.08. The molecule has 0 amide bonds. The van der Waals surface area contributed by atoms with E-state index < -0.39 is 0 Å². The monoisotopic (exact) mass is 221 g/mol. The minimum Gasteiger partial charge on any atom is -0.314 e. The maximum absolute atomic E-state index is 4.26. The first-order valence-corrected chi connectivity index (χ1v) is 6.34. The molecule has 1 fully saturated rings. The lowest BCUT2D eigenvalue weighted by Gasteiger charge is -2.23. The van der Waals surface area contributed by atoms with E-state index in [4.69, 9.17) is 0 Å². The molecule has 90 valence electrons. The van der Waals surface area contributed by atoms with Gasteiger partial charge in [-0.3, -0.25) is 0 Å². The van der Waals surface area contributed by atoms with Gasteiger partial charge in [-0.2, -0.15) is 0 Å². The van der Waals surface area contributed by atoms with Gasteiger partial charge in [0.2, 0.25) is 0 Å². The second kappa shape index (κ2) is 4.19. The fourth-order valence-corrected chi connectivity index (χ4v) is 2.50. The van der Waals surface area contributed by atoms with Gasteiger partial charge in [-0.25, -0.2) is 0 Å². The Morgan fingerprint density at radius 2 is 2.12 bits per heavy atom. The Morgan fingerprint density at radius 3 is 2.69 bits per heavy atom. The Labute approximate surface area is 98.3 Å². The highest BCUT2D eigenvalue weighted by molar-refractivity contribution is 4.96. The molecule has 0 radical (unpaired) electrons. The van der Waals surface area contributed by atoms with E-state index in [2.05, 4.69) is 42.5 Å². The van der Waals surface area contributed by atoms with Crippen molar-refractivity contribution in [3.05, 3.63) is 12.2 Å². The molecule has 3 nitrogen and oxygen atoms in total. The zero-order valence-electron chi connectivity index (χ0n) is 10.9. The van der Waals surface area contributed by atoms with Gasteiger partial charge in [-0.1, -0.05) is 27.7 Å². The highest BCUT2D eigenvalue weighted by Crippen LogP contribution is 2.36. The summed E-state index contributed by atoms with van der Waals surface area (Å²) < 4.78 is 2.28. The van der Waals surface area contributed by atoms with Crippen molar-refractivity contribution in [2.24, 2.45) is 11.3 Å². The number of nitrogens with zero attached hydrogens (tertiary/aromatic N) is 3. The van der Waals surface area contributed by atoms with Crippen LogP contribution in [0.15, 0.2) is 6.33 Å². The summed E-state index contributed by atoms with van der Waals surface area (Å²) in [5.74, 6) is 1.86. The van der Waals surface area contributed by atoms with Crippen molar-refractivity contribution in [1.29, 1.82) is 0 Å². The molecule has 0 aromatic carbocycles. The molecule has 1 aromatic rings. The third-order valence-corrected chi connectivity index (χ3v) is 3.08. The van der Waals surface area contributed by atoms with Crippen molar-refractivity contribution in [3.63, 3.8) is 0 Å². The van der Waals surface area contributed by atoms with E-state index in [0.29, 0.717) is 17.4 Å². The lowest BCUT2D eigenvalue weighted by atomic mass is 9.84. The summed E-state index contributed by atoms with van der Waals surface area (Å²) in [4.78, 5) is 0. The van der Waals surface area contributed by atoms with Crippen LogP contribution in [0.25, 0.3) is 0 Å². The molecule has 3 heteroatoms. The minimum absolute atomic E-state index is 0.407. The maximum Gasteiger partial charge on any atom is 0.133 e. The van der Waals surface area contributed by atoms with Gasteiger partial charge in [0, 0.05) is 12.5 Å². The predicted octanol–water partition coefficient (Wildman–Crippen LogP) is 3.23. The van der Waals surface area contributed by atoms with Crippen molar-refractivity contribution in [3.8, 4) is 0 Å². The molecule has 1 aliphatic rings. The maximum atomic E-state index is 4.26. The SMILES string of the molecule is CC(Cc1nncn1C1CC1)CC(C)(C)C. The quantitative estimate of drug-likeness (QED) is 0.781. The second-order valence-corrected chi connectivity index (χ2v) is 6.46. The summed E-state index contributed by atoms with van der Waals surface area (Å²) in [6.07, 6.45) is 6.81. The average molecular weight is 221 g/mol. The fraction of sp³-hybridized carbons (Fsp3) is 0.846. The Balaban J connectivity index is 1.95. The molecule has 1 heterocycles. The van der Waals surface area contributed by atoms with Crippen LogP contribution in [0.1, 0.15) is 58.8 Å². The van der Waals surface area contributed by atoms with E-state index in [-0.39, 0.29) is 0 Å². The van der Waals surface area contributed by atoms with Gasteiger partial charge in [0.25, 0.3) is 0 Å². The molecule has 2 rings (SSSR count). The van der Waals surface area contributed by atoms with Crippen LogP contribution >= 0.6 is 0 Å². The molecule has 0 bridgehead atoms. The normalized spacial score (nSPS) is 18.8. The van der Waals surface area contributed by atoms with E-state index in [1.54, 1.807) is 0 Å². The molecular formula is C13H23N3. The zero-order chi connectivity index (χ0) is 11.8. The van der Waals surface area contributed by atoms with Crippen molar-refractivity contribution in [2.75, 3.05) is 0 Å². The van der Waals surface area contributed by atoms with Crippen LogP contribution in [-0.2, 0) is 6.42 Å². The molecule has 0 spiro atoms. The van der Waals surface area contributed by atoms with Crippen molar-refractivity contribution in [2.45, 2.75) is 59.4 Å². The first kappa shape index (κ1) is 11.6. The standard InChI is InChI=1S/C13H23N3/c1-10(8-13(2,3)4)7-12-15-14-9-16(12)11-5-6-11/h9-11H,5-8H2,1-4H3. The average Bonchev–Trinajstić information content (AvgIpc) is 2.85. The fourth-order valence-electron chi connectivity index (χ4n) is 2.50. The van der Waals surface area contributed by atoms with Gasteiger partial charge in [0.05, 0.1) is 0 Å². The molecule has 0 N–H and O–H groups in total. The van der Waals surface area contributed by atoms with Crippen molar-refractivity contribution < 1.29 is 0 Å². The lowest BCUT2D eigenvalue weighted by molar-refractivity contribution is 0.302.